The summed E-state index contributed by atoms with van der Waals surface area (Å²) >= 11 is 0. The summed E-state index contributed by atoms with van der Waals surface area (Å²) in [6.45, 7) is 1.03. The normalized spacial score (nSPS) is 11.2. The molecule has 1 unspecified atom stereocenters. The fourth-order valence-corrected chi connectivity index (χ4v) is 2.81. The number of rotatable bonds is 11. The van der Waals surface area contributed by atoms with E-state index in [1.165, 1.54) is 25.3 Å². The predicted molar refractivity (Wildman–Crippen MR) is 119 cm³/mol. The lowest BCUT2D eigenvalue weighted by atomic mass is 10.1. The molecule has 0 heterocycles. The van der Waals surface area contributed by atoms with Gasteiger partial charge in [0, 0.05) is 36.4 Å². The van der Waals surface area contributed by atoms with Gasteiger partial charge in [0.1, 0.15) is 29.0 Å². The summed E-state index contributed by atoms with van der Waals surface area (Å²) in [6.07, 6.45) is -1.56. The SMILES string of the molecule is CCOC(C(=O)NCc1ccc(C(=N)N)cc1OCC(N)=O)c1c(F)cc(OC)cc1F.Cl. The van der Waals surface area contributed by atoms with E-state index in [4.69, 9.17) is 31.1 Å². The molecule has 9 nitrogen and oxygen atoms in total. The van der Waals surface area contributed by atoms with Crippen molar-refractivity contribution in [1.82, 2.24) is 5.32 Å². The molecule has 33 heavy (non-hydrogen) atoms. The highest BCUT2D eigenvalue weighted by atomic mass is 35.5. The number of carbonyl (C=O) groups excluding carboxylic acids is 2. The largest absolute Gasteiger partial charge is 0.497 e. The Morgan fingerprint density at radius 1 is 1.15 bits per heavy atom. The maximum atomic E-state index is 14.5. The molecule has 0 saturated carbocycles. The molecule has 1 atom stereocenters. The first-order valence-electron chi connectivity index (χ1n) is 9.48. The van der Waals surface area contributed by atoms with Gasteiger partial charge >= 0.3 is 0 Å². The maximum Gasteiger partial charge on any atom is 0.255 e. The van der Waals surface area contributed by atoms with E-state index in [1.54, 1.807) is 6.92 Å². The van der Waals surface area contributed by atoms with E-state index in [9.17, 15) is 18.4 Å². The van der Waals surface area contributed by atoms with Gasteiger partial charge in [-0.1, -0.05) is 12.1 Å². The number of halogens is 3. The number of amides is 2. The number of amidine groups is 1. The minimum atomic E-state index is -1.56. The van der Waals surface area contributed by atoms with Gasteiger partial charge in [0.15, 0.2) is 12.7 Å². The monoisotopic (exact) mass is 486 g/mol. The smallest absolute Gasteiger partial charge is 0.255 e. The number of benzene rings is 2. The Morgan fingerprint density at radius 2 is 1.79 bits per heavy atom. The number of carbonyl (C=O) groups is 2. The van der Waals surface area contributed by atoms with Crippen LogP contribution in [0.25, 0.3) is 0 Å². The third-order valence-electron chi connectivity index (χ3n) is 4.32. The van der Waals surface area contributed by atoms with Crippen molar-refractivity contribution in [2.75, 3.05) is 20.3 Å². The number of methoxy groups -OCH3 is 1. The van der Waals surface area contributed by atoms with Crippen LogP contribution in [0.3, 0.4) is 0 Å². The number of hydrogen-bond acceptors (Lipinski definition) is 6. The van der Waals surface area contributed by atoms with Gasteiger partial charge in [-0.15, -0.1) is 12.4 Å². The third kappa shape index (κ3) is 7.29. The molecule has 6 N–H and O–H groups in total. The van der Waals surface area contributed by atoms with E-state index in [0.29, 0.717) is 11.1 Å². The zero-order valence-electron chi connectivity index (χ0n) is 17.9. The van der Waals surface area contributed by atoms with Crippen molar-refractivity contribution >= 4 is 30.1 Å². The molecule has 0 bridgehead atoms. The molecule has 12 heteroatoms. The average Bonchev–Trinajstić information content (AvgIpc) is 2.74. The first-order valence-corrected chi connectivity index (χ1v) is 9.48. The Labute approximate surface area is 195 Å². The Bertz CT molecular complexity index is 999. The summed E-state index contributed by atoms with van der Waals surface area (Å²) in [5.74, 6) is -3.63. The number of hydrogen-bond donors (Lipinski definition) is 4. The molecule has 0 aliphatic heterocycles. The lowest BCUT2D eigenvalue weighted by Gasteiger charge is -2.20. The summed E-state index contributed by atoms with van der Waals surface area (Å²) in [5, 5.41) is 10.1. The number of primary amides is 1. The topological polar surface area (TPSA) is 150 Å². The van der Waals surface area contributed by atoms with Gasteiger partial charge in [-0.25, -0.2) is 8.78 Å². The fraction of sp³-hybridized carbons (Fsp3) is 0.286. The van der Waals surface area contributed by atoms with Crippen LogP contribution in [0.5, 0.6) is 11.5 Å². The molecular weight excluding hydrogens is 462 g/mol. The van der Waals surface area contributed by atoms with Crippen LogP contribution >= 0.6 is 12.4 Å². The number of nitrogens with one attached hydrogen (secondary N) is 2. The van der Waals surface area contributed by atoms with E-state index in [-0.39, 0.29) is 42.9 Å². The van der Waals surface area contributed by atoms with Gasteiger partial charge in [-0.2, -0.15) is 0 Å². The van der Waals surface area contributed by atoms with Crippen LogP contribution in [-0.4, -0.2) is 38.0 Å². The van der Waals surface area contributed by atoms with E-state index in [2.05, 4.69) is 5.32 Å². The molecule has 0 saturated heterocycles. The minimum Gasteiger partial charge on any atom is -0.497 e. The van der Waals surface area contributed by atoms with Crippen molar-refractivity contribution < 1.29 is 32.6 Å². The van der Waals surface area contributed by atoms with Crippen LogP contribution in [0.1, 0.15) is 29.7 Å². The lowest BCUT2D eigenvalue weighted by Crippen LogP contribution is -2.32. The van der Waals surface area contributed by atoms with Crippen molar-refractivity contribution in [1.29, 1.82) is 5.41 Å². The highest BCUT2D eigenvalue weighted by molar-refractivity contribution is 5.95. The zero-order valence-corrected chi connectivity index (χ0v) is 18.8. The molecule has 2 amide bonds. The molecule has 0 aromatic heterocycles. The Morgan fingerprint density at radius 3 is 2.30 bits per heavy atom. The zero-order chi connectivity index (χ0) is 23.8. The Hall–Kier alpha value is -3.44. The molecule has 2 rings (SSSR count). The van der Waals surface area contributed by atoms with Crippen LogP contribution in [0, 0.1) is 17.0 Å². The second-order valence-corrected chi connectivity index (χ2v) is 6.55. The van der Waals surface area contributed by atoms with Crippen molar-refractivity contribution in [2.24, 2.45) is 11.5 Å². The number of nitrogen functional groups attached to an aromatic ring is 1. The van der Waals surface area contributed by atoms with Crippen LogP contribution < -0.4 is 26.3 Å². The molecule has 0 aliphatic carbocycles. The third-order valence-corrected chi connectivity index (χ3v) is 4.32. The molecule has 0 fully saturated rings. The van der Waals surface area contributed by atoms with Crippen molar-refractivity contribution in [3.8, 4) is 11.5 Å². The summed E-state index contributed by atoms with van der Waals surface area (Å²) in [7, 11) is 1.26. The second kappa shape index (κ2) is 12.6. The summed E-state index contributed by atoms with van der Waals surface area (Å²) in [5.41, 5.74) is 10.8. The summed E-state index contributed by atoms with van der Waals surface area (Å²) in [6, 6.07) is 6.36. The van der Waals surface area contributed by atoms with Gasteiger partial charge in [-0.3, -0.25) is 15.0 Å². The van der Waals surface area contributed by atoms with Gasteiger partial charge in [-0.05, 0) is 13.0 Å². The molecule has 0 aliphatic rings. The van der Waals surface area contributed by atoms with E-state index in [1.807, 2.05) is 0 Å². The van der Waals surface area contributed by atoms with Gasteiger partial charge in [0.25, 0.3) is 11.8 Å². The molecule has 2 aromatic rings. The van der Waals surface area contributed by atoms with Crippen molar-refractivity contribution in [3.63, 3.8) is 0 Å². The van der Waals surface area contributed by atoms with E-state index >= 15 is 0 Å². The van der Waals surface area contributed by atoms with Crippen molar-refractivity contribution in [2.45, 2.75) is 19.6 Å². The highest BCUT2D eigenvalue weighted by Crippen LogP contribution is 2.29. The molecular formula is C21H25ClF2N4O5. The standard InChI is InChI=1S/C21H24F2N4O5.ClH/c1-3-31-19(18-14(22)7-13(30-2)8-15(18)23)21(29)27-9-12-5-4-11(20(25)26)6-16(12)32-10-17(24)28;/h4-8,19H,3,9-10H2,1-2H3,(H2,24,28)(H3,25,26)(H,27,29);1H. The quantitative estimate of drug-likeness (QED) is 0.281. The second-order valence-electron chi connectivity index (χ2n) is 6.55. The lowest BCUT2D eigenvalue weighted by molar-refractivity contribution is -0.133. The van der Waals surface area contributed by atoms with Crippen molar-refractivity contribution in [3.05, 3.63) is 58.7 Å². The van der Waals surface area contributed by atoms with Crippen LogP contribution in [0.4, 0.5) is 8.78 Å². The Balaban J connectivity index is 0.00000544. The van der Waals surface area contributed by atoms with Crippen LogP contribution in [-0.2, 0) is 20.9 Å². The fourth-order valence-electron chi connectivity index (χ4n) is 2.81. The first kappa shape index (κ1) is 27.6. The summed E-state index contributed by atoms with van der Waals surface area (Å²) in [4.78, 5) is 23.8. The average molecular weight is 487 g/mol. The molecule has 180 valence electrons. The minimum absolute atomic E-state index is 0. The van der Waals surface area contributed by atoms with E-state index in [0.717, 1.165) is 12.1 Å². The molecule has 0 radical (unpaired) electrons. The van der Waals surface area contributed by atoms with Gasteiger partial charge in [0.05, 0.1) is 12.7 Å². The van der Waals surface area contributed by atoms with Gasteiger partial charge in [0.2, 0.25) is 0 Å². The molecule has 2 aromatic carbocycles. The Kier molecular flexibility index (Phi) is 10.5. The summed E-state index contributed by atoms with van der Waals surface area (Å²) < 4.78 is 44.4. The molecule has 0 spiro atoms. The van der Waals surface area contributed by atoms with Gasteiger partial charge < -0.3 is 31.0 Å². The highest BCUT2D eigenvalue weighted by Gasteiger charge is 2.28. The van der Waals surface area contributed by atoms with Crippen LogP contribution in [0.2, 0.25) is 0 Å². The van der Waals surface area contributed by atoms with Crippen LogP contribution in [0.15, 0.2) is 30.3 Å². The predicted octanol–water partition coefficient (Wildman–Crippen LogP) is 1.94. The number of nitrogens with two attached hydrogens (primary N) is 2. The maximum absolute atomic E-state index is 14.5. The van der Waals surface area contributed by atoms with E-state index < -0.39 is 41.7 Å². The first-order chi connectivity index (χ1) is 15.2. The number of ether oxygens (including phenoxy) is 3.